The molecule has 3 aliphatic carbocycles. The normalized spacial score (nSPS) is 26.3. The molecule has 1 saturated carbocycles. The number of aliphatic hydroxyl groups is 2. The second-order valence-corrected chi connectivity index (χ2v) is 16.5. The molecule has 44 heavy (non-hydrogen) atoms. The van der Waals surface area contributed by atoms with E-state index in [1.54, 1.807) is 0 Å². The van der Waals surface area contributed by atoms with E-state index >= 15 is 0 Å². The Kier molecular flexibility index (Phi) is 9.69. The number of carbonyl (C=O) groups is 1. The van der Waals surface area contributed by atoms with Crippen molar-refractivity contribution in [3.63, 3.8) is 0 Å². The third-order valence-corrected chi connectivity index (χ3v) is 12.2. The van der Waals surface area contributed by atoms with Crippen LogP contribution in [0, 0.1) is 12.3 Å². The lowest BCUT2D eigenvalue weighted by atomic mass is 9.65. The summed E-state index contributed by atoms with van der Waals surface area (Å²) in [6.07, 6.45) is 7.14. The Morgan fingerprint density at radius 3 is 2.48 bits per heavy atom. The van der Waals surface area contributed by atoms with Gasteiger partial charge in [0.1, 0.15) is 0 Å². The van der Waals surface area contributed by atoms with E-state index in [4.69, 9.17) is 0 Å². The van der Waals surface area contributed by atoms with E-state index in [0.717, 1.165) is 28.0 Å². The van der Waals surface area contributed by atoms with Gasteiger partial charge < -0.3 is 10.2 Å². The third-order valence-electron chi connectivity index (χ3n) is 9.99. The average Bonchev–Trinajstić information content (AvgIpc) is 3.51. The molecule has 6 nitrogen and oxygen atoms in total. The van der Waals surface area contributed by atoms with Crippen LogP contribution in [0.3, 0.4) is 0 Å². The lowest BCUT2D eigenvalue weighted by Gasteiger charge is -2.45. The first kappa shape index (κ1) is 32.8. The smallest absolute Gasteiger partial charge is 0.211 e. The van der Waals surface area contributed by atoms with Gasteiger partial charge in [0.15, 0.2) is 0 Å². The Morgan fingerprint density at radius 1 is 1.05 bits per heavy atom. The van der Waals surface area contributed by atoms with Crippen molar-refractivity contribution in [2.24, 2.45) is 5.41 Å². The molecule has 8 heteroatoms. The van der Waals surface area contributed by atoms with Gasteiger partial charge in [-0.3, -0.25) is 4.79 Å². The zero-order chi connectivity index (χ0) is 31.7. The van der Waals surface area contributed by atoms with Crippen LogP contribution >= 0.6 is 11.3 Å². The molecule has 0 radical (unpaired) electrons. The second-order valence-electron chi connectivity index (χ2n) is 13.2. The summed E-state index contributed by atoms with van der Waals surface area (Å²) in [4.78, 5) is 15.8. The fourth-order valence-electron chi connectivity index (χ4n) is 7.26. The van der Waals surface area contributed by atoms with Gasteiger partial charge in [0, 0.05) is 28.9 Å². The fraction of sp³-hybridized carbons (Fsp3) is 0.472. The van der Waals surface area contributed by atoms with Crippen molar-refractivity contribution in [2.45, 2.75) is 89.9 Å². The highest BCUT2D eigenvalue weighted by atomic mass is 32.2. The summed E-state index contributed by atoms with van der Waals surface area (Å²) < 4.78 is 27.6. The van der Waals surface area contributed by atoms with Crippen molar-refractivity contribution in [3.8, 4) is 0 Å². The van der Waals surface area contributed by atoms with Gasteiger partial charge in [-0.25, -0.2) is 8.42 Å². The number of fused-ring (bicyclic) bond motifs is 8. The minimum atomic E-state index is -3.64. The number of ketones is 1. The predicted molar refractivity (Wildman–Crippen MR) is 178 cm³/mol. The van der Waals surface area contributed by atoms with E-state index in [-0.39, 0.29) is 24.8 Å². The number of nitrogens with zero attached hydrogens (tertiary/aromatic N) is 1. The molecule has 2 aromatic carbocycles. The first-order chi connectivity index (χ1) is 20.8. The van der Waals surface area contributed by atoms with Gasteiger partial charge in [0.05, 0.1) is 22.8 Å². The molecule has 0 aliphatic heterocycles. The summed E-state index contributed by atoms with van der Waals surface area (Å²) >= 11 is 1.47. The molecule has 4 unspecified atom stereocenters. The van der Waals surface area contributed by atoms with Gasteiger partial charge >= 0.3 is 0 Å². The molecule has 2 N–H and O–H groups in total. The largest absolute Gasteiger partial charge is 0.393 e. The van der Waals surface area contributed by atoms with Gasteiger partial charge in [0.25, 0.3) is 0 Å². The summed E-state index contributed by atoms with van der Waals surface area (Å²) in [6, 6.07) is 19.3. The number of allylic oxidation sites excluding steroid dienone is 2. The van der Waals surface area contributed by atoms with Crippen LogP contribution in [0.1, 0.15) is 95.1 Å². The zero-order valence-electron chi connectivity index (χ0n) is 26.3. The molecule has 4 atom stereocenters. The molecule has 236 valence electrons. The van der Waals surface area contributed by atoms with Gasteiger partial charge in [-0.05, 0) is 99.6 Å². The lowest BCUT2D eigenvalue weighted by Crippen LogP contribution is -2.53. The SMILES string of the molecule is CC1=CCCC2(C)C(CCC2(O)CN(Cc2ccccc2)S(C)(=O)=O)c2ccc(cc2C(=O)c2ccc(C)s2)CC(O)CC1. The minimum Gasteiger partial charge on any atom is -0.393 e. The maximum Gasteiger partial charge on any atom is 0.211 e. The Labute approximate surface area is 266 Å². The fourth-order valence-corrected chi connectivity index (χ4v) is 8.91. The molecule has 0 saturated heterocycles. The molecule has 3 aromatic rings. The number of thiophene rings is 1. The molecule has 2 bridgehead atoms. The van der Waals surface area contributed by atoms with Crippen molar-refractivity contribution in [2.75, 3.05) is 12.8 Å². The number of rotatable bonds is 7. The predicted octanol–water partition coefficient (Wildman–Crippen LogP) is 6.79. The number of benzene rings is 2. The highest BCUT2D eigenvalue weighted by Gasteiger charge is 2.57. The van der Waals surface area contributed by atoms with Crippen molar-refractivity contribution in [1.29, 1.82) is 0 Å². The molecule has 0 spiro atoms. The van der Waals surface area contributed by atoms with Crippen LogP contribution in [0.15, 0.2) is 72.3 Å². The standard InChI is InChI=1S/C36H45NO5S2/c1-25-9-8-19-35(3)32(18-20-36(35,40)24-37(44(4,41)42)23-27-10-6-5-7-11-27)30-16-14-28(21-29(38)15-12-25)22-31(30)34(39)33-17-13-26(2)43-33/h5-7,9-11,13-14,16-17,22,29,32,38,40H,8,12,15,18-21,23-24H2,1-4H3. The molecule has 0 amide bonds. The first-order valence-corrected chi connectivity index (χ1v) is 18.2. The van der Waals surface area contributed by atoms with E-state index in [9.17, 15) is 23.4 Å². The monoisotopic (exact) mass is 635 g/mol. The Balaban J connectivity index is 1.60. The first-order valence-electron chi connectivity index (χ1n) is 15.6. The van der Waals surface area contributed by atoms with Gasteiger partial charge in [-0.1, -0.05) is 61.0 Å². The van der Waals surface area contributed by atoms with Crippen LogP contribution in [0.4, 0.5) is 0 Å². The summed E-state index contributed by atoms with van der Waals surface area (Å²) in [7, 11) is -3.64. The van der Waals surface area contributed by atoms with Gasteiger partial charge in [0.2, 0.25) is 15.8 Å². The van der Waals surface area contributed by atoms with Crippen molar-refractivity contribution in [1.82, 2.24) is 4.31 Å². The number of sulfonamides is 1. The molecule has 1 fully saturated rings. The van der Waals surface area contributed by atoms with Crippen LogP contribution in [-0.2, 0) is 23.0 Å². The minimum absolute atomic E-state index is 0.0197. The number of carbonyl (C=O) groups excluding carboxylic acids is 1. The number of hydrogen-bond donors (Lipinski definition) is 2. The summed E-state index contributed by atoms with van der Waals surface area (Å²) in [6.45, 7) is 6.32. The molecule has 1 aromatic heterocycles. The van der Waals surface area contributed by atoms with Gasteiger partial charge in [-0.2, -0.15) is 4.31 Å². The van der Waals surface area contributed by atoms with Crippen molar-refractivity contribution >= 4 is 27.1 Å². The molecule has 3 aliphatic rings. The number of aryl methyl sites for hydroxylation is 1. The quantitative estimate of drug-likeness (QED) is 0.220. The van der Waals surface area contributed by atoms with E-state index in [1.165, 1.54) is 27.5 Å². The summed E-state index contributed by atoms with van der Waals surface area (Å²) in [5, 5.41) is 23.5. The zero-order valence-corrected chi connectivity index (χ0v) is 27.9. The summed E-state index contributed by atoms with van der Waals surface area (Å²) in [5.74, 6) is -0.210. The average molecular weight is 636 g/mol. The van der Waals surface area contributed by atoms with E-state index in [2.05, 4.69) is 19.9 Å². The third kappa shape index (κ3) is 6.95. The van der Waals surface area contributed by atoms with Crippen LogP contribution in [-0.4, -0.2) is 53.2 Å². The maximum atomic E-state index is 14.1. The Bertz CT molecular complexity index is 1630. The van der Waals surface area contributed by atoms with Crippen LogP contribution in [0.25, 0.3) is 0 Å². The number of aliphatic hydroxyl groups excluding tert-OH is 1. The van der Waals surface area contributed by atoms with E-state index in [1.807, 2.05) is 67.6 Å². The van der Waals surface area contributed by atoms with E-state index < -0.39 is 27.1 Å². The topological polar surface area (TPSA) is 94.9 Å². The van der Waals surface area contributed by atoms with Crippen LogP contribution in [0.5, 0.6) is 0 Å². The lowest BCUT2D eigenvalue weighted by molar-refractivity contribution is -0.0731. The van der Waals surface area contributed by atoms with E-state index in [0.29, 0.717) is 49.0 Å². The highest BCUT2D eigenvalue weighted by Crippen LogP contribution is 2.59. The summed E-state index contributed by atoms with van der Waals surface area (Å²) in [5.41, 5.74) is 2.45. The Morgan fingerprint density at radius 2 is 1.80 bits per heavy atom. The number of hydrogen-bond acceptors (Lipinski definition) is 6. The maximum absolute atomic E-state index is 14.1. The second kappa shape index (κ2) is 13.0. The molecule has 1 heterocycles. The van der Waals surface area contributed by atoms with Gasteiger partial charge in [-0.15, -0.1) is 11.3 Å². The molecular formula is C36H45NO5S2. The molecular weight excluding hydrogens is 591 g/mol. The van der Waals surface area contributed by atoms with Crippen LogP contribution < -0.4 is 0 Å². The van der Waals surface area contributed by atoms with Crippen molar-refractivity contribution in [3.05, 3.63) is 104 Å². The molecule has 6 rings (SSSR count). The van der Waals surface area contributed by atoms with Crippen LogP contribution in [0.2, 0.25) is 0 Å². The van der Waals surface area contributed by atoms with Crippen molar-refractivity contribution < 1.29 is 23.4 Å². The highest BCUT2D eigenvalue weighted by molar-refractivity contribution is 7.88. The Hall–Kier alpha value is -2.62.